The van der Waals surface area contributed by atoms with E-state index in [4.69, 9.17) is 0 Å². The number of aromatic amines is 1. The molecule has 2 aromatic carbocycles. The second-order valence-corrected chi connectivity index (χ2v) is 6.96. The van der Waals surface area contributed by atoms with Gasteiger partial charge in [-0.05, 0) is 36.6 Å². The third-order valence-electron chi connectivity index (χ3n) is 4.99. The first-order valence-electron chi connectivity index (χ1n) is 8.79. The zero-order valence-electron chi connectivity index (χ0n) is 14.7. The zero-order valence-corrected chi connectivity index (χ0v) is 14.7. The first-order chi connectivity index (χ1) is 12.5. The number of aromatic nitrogens is 2. The van der Waals surface area contributed by atoms with E-state index in [1.54, 1.807) is 0 Å². The molecule has 0 saturated carbocycles. The molecule has 26 heavy (non-hydrogen) atoms. The summed E-state index contributed by atoms with van der Waals surface area (Å²) in [6.07, 6.45) is 0.621. The summed E-state index contributed by atoms with van der Waals surface area (Å²) < 4.78 is 0. The minimum atomic E-state index is -0.898. The number of hydrogen-bond acceptors (Lipinski definition) is 4. The van der Waals surface area contributed by atoms with Crippen molar-refractivity contribution in [3.8, 4) is 0 Å². The van der Waals surface area contributed by atoms with Crippen LogP contribution in [-0.4, -0.2) is 45.5 Å². The van der Waals surface area contributed by atoms with E-state index in [-0.39, 0.29) is 12.5 Å². The Morgan fingerprint density at radius 3 is 2.85 bits per heavy atom. The zero-order chi connectivity index (χ0) is 18.1. The van der Waals surface area contributed by atoms with Crippen molar-refractivity contribution in [1.29, 1.82) is 0 Å². The molecule has 3 N–H and O–H groups in total. The first-order valence-corrected chi connectivity index (χ1v) is 8.79. The maximum absolute atomic E-state index is 12.4. The molecule has 134 valence electrons. The molecule has 0 radical (unpaired) electrons. The molecule has 1 saturated heterocycles. The summed E-state index contributed by atoms with van der Waals surface area (Å²) in [5.74, 6) is 0.308. The van der Waals surface area contributed by atoms with Crippen LogP contribution in [0.15, 0.2) is 48.5 Å². The fourth-order valence-electron chi connectivity index (χ4n) is 3.71. The van der Waals surface area contributed by atoms with Gasteiger partial charge in [0.05, 0.1) is 17.6 Å². The minimum absolute atomic E-state index is 0.141. The first kappa shape index (κ1) is 16.8. The van der Waals surface area contributed by atoms with Gasteiger partial charge in [-0.3, -0.25) is 15.0 Å². The number of fused-ring (bicyclic) bond motifs is 1. The molecule has 1 atom stereocenters. The van der Waals surface area contributed by atoms with Crippen molar-refractivity contribution in [3.05, 3.63) is 59.7 Å². The van der Waals surface area contributed by atoms with Crippen molar-refractivity contribution >= 4 is 22.9 Å². The van der Waals surface area contributed by atoms with Crippen LogP contribution in [-0.2, 0) is 10.4 Å². The average molecular weight is 350 g/mol. The van der Waals surface area contributed by atoms with Gasteiger partial charge in [0.25, 0.3) is 0 Å². The van der Waals surface area contributed by atoms with Crippen molar-refractivity contribution in [3.63, 3.8) is 0 Å². The van der Waals surface area contributed by atoms with E-state index in [2.05, 4.69) is 15.3 Å². The van der Waals surface area contributed by atoms with Crippen LogP contribution in [0.25, 0.3) is 11.0 Å². The van der Waals surface area contributed by atoms with Crippen LogP contribution < -0.4 is 5.32 Å². The van der Waals surface area contributed by atoms with Gasteiger partial charge < -0.3 is 10.1 Å². The van der Waals surface area contributed by atoms with Gasteiger partial charge in [0.2, 0.25) is 11.9 Å². The van der Waals surface area contributed by atoms with E-state index in [1.807, 2.05) is 60.4 Å². The summed E-state index contributed by atoms with van der Waals surface area (Å²) in [6, 6.07) is 15.5. The van der Waals surface area contributed by atoms with Gasteiger partial charge in [-0.2, -0.15) is 0 Å². The van der Waals surface area contributed by atoms with Gasteiger partial charge in [0.1, 0.15) is 5.60 Å². The topological polar surface area (TPSA) is 81.2 Å². The summed E-state index contributed by atoms with van der Waals surface area (Å²) in [4.78, 5) is 21.8. The Hall–Kier alpha value is -2.70. The molecule has 3 aromatic rings. The number of carbonyl (C=O) groups is 1. The number of rotatable bonds is 4. The predicted octanol–water partition coefficient (Wildman–Crippen LogP) is 2.40. The van der Waals surface area contributed by atoms with E-state index >= 15 is 0 Å². The highest BCUT2D eigenvalue weighted by Crippen LogP contribution is 2.33. The molecule has 2 heterocycles. The van der Waals surface area contributed by atoms with Crippen LogP contribution in [0.3, 0.4) is 0 Å². The lowest BCUT2D eigenvalue weighted by molar-refractivity contribution is -0.117. The molecule has 6 heteroatoms. The number of imidazole rings is 1. The number of aryl methyl sites for hydroxylation is 1. The summed E-state index contributed by atoms with van der Waals surface area (Å²) in [6.45, 7) is 3.36. The Morgan fingerprint density at radius 2 is 2.04 bits per heavy atom. The number of amides is 1. The monoisotopic (exact) mass is 350 g/mol. The molecule has 1 fully saturated rings. The van der Waals surface area contributed by atoms with E-state index < -0.39 is 5.60 Å². The number of aliphatic hydroxyl groups is 1. The highest BCUT2D eigenvalue weighted by atomic mass is 16.3. The molecule has 1 unspecified atom stereocenters. The van der Waals surface area contributed by atoms with Gasteiger partial charge in [0.15, 0.2) is 0 Å². The molecule has 4 rings (SSSR count). The third-order valence-corrected chi connectivity index (χ3v) is 4.99. The molecule has 1 aliphatic rings. The van der Waals surface area contributed by atoms with Gasteiger partial charge in [-0.25, -0.2) is 4.98 Å². The Morgan fingerprint density at radius 1 is 1.27 bits per heavy atom. The fraction of sp³-hybridized carbons (Fsp3) is 0.300. The van der Waals surface area contributed by atoms with Crippen LogP contribution in [0.4, 0.5) is 5.95 Å². The second-order valence-electron chi connectivity index (χ2n) is 6.96. The fourth-order valence-corrected chi connectivity index (χ4v) is 3.71. The number of hydrogen-bond donors (Lipinski definition) is 3. The third kappa shape index (κ3) is 3.21. The number of H-pyrrole nitrogens is 1. The number of para-hydroxylation sites is 2. The standard InChI is InChI=1S/C20H22N4O2/c1-14-6-2-3-7-15(14)20(26)10-11-24(13-20)12-18(25)23-19-21-16-8-4-5-9-17(16)22-19/h2-9,26H,10-13H2,1H3,(H2,21,22,23,25). The molecule has 1 amide bonds. The molecule has 0 bridgehead atoms. The van der Waals surface area contributed by atoms with E-state index in [9.17, 15) is 9.90 Å². The number of anilines is 1. The van der Waals surface area contributed by atoms with Crippen LogP contribution >= 0.6 is 0 Å². The number of carbonyl (C=O) groups excluding carboxylic acids is 1. The normalized spacial score (nSPS) is 20.5. The van der Waals surface area contributed by atoms with Gasteiger partial charge in [-0.1, -0.05) is 36.4 Å². The molecule has 1 aromatic heterocycles. The molecule has 1 aliphatic heterocycles. The SMILES string of the molecule is Cc1ccccc1C1(O)CCN(CC(=O)Nc2nc3ccccc3[nH]2)C1. The highest BCUT2D eigenvalue weighted by Gasteiger charge is 2.38. The average Bonchev–Trinajstić information content (AvgIpc) is 3.18. The maximum atomic E-state index is 12.4. The maximum Gasteiger partial charge on any atom is 0.240 e. The molecule has 6 nitrogen and oxygen atoms in total. The number of nitrogens with one attached hydrogen (secondary N) is 2. The molecular formula is C20H22N4O2. The minimum Gasteiger partial charge on any atom is -0.384 e. The van der Waals surface area contributed by atoms with E-state index in [0.717, 1.165) is 22.2 Å². The largest absolute Gasteiger partial charge is 0.384 e. The number of likely N-dealkylation sites (tertiary alicyclic amines) is 1. The Balaban J connectivity index is 1.40. The summed E-state index contributed by atoms with van der Waals surface area (Å²) in [7, 11) is 0. The number of benzene rings is 2. The Labute approximate surface area is 151 Å². The summed E-state index contributed by atoms with van der Waals surface area (Å²) >= 11 is 0. The van der Waals surface area contributed by atoms with Crippen molar-refractivity contribution < 1.29 is 9.90 Å². The quantitative estimate of drug-likeness (QED) is 0.675. The predicted molar refractivity (Wildman–Crippen MR) is 101 cm³/mol. The molecule has 0 aliphatic carbocycles. The highest BCUT2D eigenvalue weighted by molar-refractivity contribution is 5.92. The van der Waals surface area contributed by atoms with E-state index in [0.29, 0.717) is 25.5 Å². The van der Waals surface area contributed by atoms with Crippen LogP contribution in [0.1, 0.15) is 17.5 Å². The lowest BCUT2D eigenvalue weighted by Crippen LogP contribution is -2.36. The van der Waals surface area contributed by atoms with E-state index in [1.165, 1.54) is 0 Å². The van der Waals surface area contributed by atoms with Crippen molar-refractivity contribution in [1.82, 2.24) is 14.9 Å². The van der Waals surface area contributed by atoms with Crippen LogP contribution in [0.5, 0.6) is 0 Å². The smallest absolute Gasteiger partial charge is 0.240 e. The number of nitrogens with zero attached hydrogens (tertiary/aromatic N) is 2. The summed E-state index contributed by atoms with van der Waals surface area (Å²) in [5.41, 5.74) is 2.82. The van der Waals surface area contributed by atoms with Crippen molar-refractivity contribution in [2.75, 3.05) is 25.0 Å². The molecule has 0 spiro atoms. The van der Waals surface area contributed by atoms with Gasteiger partial charge in [-0.15, -0.1) is 0 Å². The van der Waals surface area contributed by atoms with Crippen LogP contribution in [0, 0.1) is 6.92 Å². The van der Waals surface area contributed by atoms with Gasteiger partial charge in [0, 0.05) is 13.1 Å². The van der Waals surface area contributed by atoms with Crippen molar-refractivity contribution in [2.24, 2.45) is 0 Å². The Kier molecular flexibility index (Phi) is 4.22. The number of β-amino-alcohol motifs (C(OH)–C–C–N with tert-alkyl or cyclic N) is 1. The molecular weight excluding hydrogens is 328 g/mol. The Bertz CT molecular complexity index is 919. The van der Waals surface area contributed by atoms with Gasteiger partial charge >= 0.3 is 0 Å². The lowest BCUT2D eigenvalue weighted by Gasteiger charge is -2.25. The van der Waals surface area contributed by atoms with Crippen molar-refractivity contribution in [2.45, 2.75) is 18.9 Å². The van der Waals surface area contributed by atoms with Crippen LogP contribution in [0.2, 0.25) is 0 Å². The second kappa shape index (κ2) is 6.55. The summed E-state index contributed by atoms with van der Waals surface area (Å²) in [5, 5.41) is 13.8. The lowest BCUT2D eigenvalue weighted by atomic mass is 9.89.